The molecule has 33 heavy (non-hydrogen) atoms. The molecule has 4 aliphatic carbocycles. The number of rotatable bonds is 5. The van der Waals surface area contributed by atoms with Crippen molar-refractivity contribution < 1.29 is 14.4 Å². The van der Waals surface area contributed by atoms with Gasteiger partial charge in [-0.2, -0.15) is 0 Å². The van der Waals surface area contributed by atoms with Gasteiger partial charge >= 0.3 is 0 Å². The highest BCUT2D eigenvalue weighted by atomic mass is 16.2. The van der Waals surface area contributed by atoms with Gasteiger partial charge in [-0.1, -0.05) is 60.7 Å². The summed E-state index contributed by atoms with van der Waals surface area (Å²) in [6.45, 7) is 0.790. The molecule has 0 radical (unpaired) electrons. The van der Waals surface area contributed by atoms with E-state index < -0.39 is 0 Å². The number of benzene rings is 2. The maximum Gasteiger partial charge on any atom is 0.233 e. The largest absolute Gasteiger partial charge is 0.356 e. The molecule has 7 rings (SSSR count). The molecular formula is C28H28N2O3. The van der Waals surface area contributed by atoms with Gasteiger partial charge in [0.2, 0.25) is 17.7 Å². The normalized spacial score (nSPS) is 29.0. The van der Waals surface area contributed by atoms with Crippen LogP contribution in [0.25, 0.3) is 0 Å². The van der Waals surface area contributed by atoms with Crippen LogP contribution in [0.4, 0.5) is 0 Å². The fourth-order valence-electron chi connectivity index (χ4n) is 6.60. The third kappa shape index (κ3) is 3.25. The average molecular weight is 441 g/mol. The molecule has 2 aromatic carbocycles. The van der Waals surface area contributed by atoms with Gasteiger partial charge in [-0.3, -0.25) is 19.3 Å². The molecule has 0 spiro atoms. The van der Waals surface area contributed by atoms with Gasteiger partial charge in [0.1, 0.15) is 0 Å². The smallest absolute Gasteiger partial charge is 0.233 e. The Labute approximate surface area is 193 Å². The van der Waals surface area contributed by atoms with Crippen LogP contribution in [0, 0.1) is 17.8 Å². The Bertz CT molecular complexity index is 1100. The predicted octanol–water partition coefficient (Wildman–Crippen LogP) is 3.74. The van der Waals surface area contributed by atoms with Gasteiger partial charge in [0, 0.05) is 31.3 Å². The van der Waals surface area contributed by atoms with Gasteiger partial charge < -0.3 is 5.32 Å². The molecule has 0 saturated carbocycles. The second-order valence-electron chi connectivity index (χ2n) is 9.82. The van der Waals surface area contributed by atoms with E-state index in [2.05, 4.69) is 53.8 Å². The van der Waals surface area contributed by atoms with Crippen LogP contribution in [-0.2, 0) is 14.4 Å². The zero-order valence-corrected chi connectivity index (χ0v) is 18.6. The molecule has 1 N–H and O–H groups in total. The molecule has 1 heterocycles. The number of likely N-dealkylation sites (tertiary alicyclic amines) is 1. The van der Waals surface area contributed by atoms with Crippen molar-refractivity contribution in [2.45, 2.75) is 37.5 Å². The third-order valence-corrected chi connectivity index (χ3v) is 8.15. The van der Waals surface area contributed by atoms with Crippen LogP contribution in [0.1, 0.15) is 59.8 Å². The minimum Gasteiger partial charge on any atom is -0.356 e. The summed E-state index contributed by atoms with van der Waals surface area (Å²) in [4.78, 5) is 39.3. The second kappa shape index (κ2) is 7.98. The molecule has 0 unspecified atom stereocenters. The van der Waals surface area contributed by atoms with Crippen molar-refractivity contribution in [3.63, 3.8) is 0 Å². The second-order valence-corrected chi connectivity index (χ2v) is 9.82. The first-order valence-electron chi connectivity index (χ1n) is 12.1. The van der Waals surface area contributed by atoms with Crippen molar-refractivity contribution in [1.82, 2.24) is 10.2 Å². The van der Waals surface area contributed by atoms with E-state index >= 15 is 0 Å². The van der Waals surface area contributed by atoms with Crippen molar-refractivity contribution in [1.29, 1.82) is 0 Å². The Morgan fingerprint density at radius 2 is 1.39 bits per heavy atom. The molecule has 3 atom stereocenters. The molecule has 3 amide bonds. The van der Waals surface area contributed by atoms with Crippen LogP contribution < -0.4 is 5.32 Å². The minimum atomic E-state index is -0.233. The number of hydrogen-bond acceptors (Lipinski definition) is 3. The summed E-state index contributed by atoms with van der Waals surface area (Å²) < 4.78 is 0. The quantitative estimate of drug-likeness (QED) is 0.569. The van der Waals surface area contributed by atoms with Crippen molar-refractivity contribution in [2.75, 3.05) is 13.1 Å². The highest BCUT2D eigenvalue weighted by Crippen LogP contribution is 2.55. The van der Waals surface area contributed by atoms with Gasteiger partial charge in [-0.15, -0.1) is 0 Å². The van der Waals surface area contributed by atoms with Crippen LogP contribution in [0.15, 0.2) is 60.7 Å². The summed E-state index contributed by atoms with van der Waals surface area (Å²) in [5.74, 6) is 0.229. The summed E-state index contributed by atoms with van der Waals surface area (Å²) in [6.07, 6.45) is 6.42. The summed E-state index contributed by atoms with van der Waals surface area (Å²) in [7, 11) is 0. The molecule has 0 aromatic heterocycles. The third-order valence-electron chi connectivity index (χ3n) is 8.15. The van der Waals surface area contributed by atoms with E-state index in [1.807, 2.05) is 12.2 Å². The van der Waals surface area contributed by atoms with Crippen molar-refractivity contribution >= 4 is 17.7 Å². The maximum atomic E-state index is 12.7. The Morgan fingerprint density at radius 1 is 0.848 bits per heavy atom. The fraction of sp³-hybridized carbons (Fsp3) is 0.393. The summed E-state index contributed by atoms with van der Waals surface area (Å²) >= 11 is 0. The lowest BCUT2D eigenvalue weighted by molar-refractivity contribution is -0.140. The average Bonchev–Trinajstić information content (AvgIpc) is 3.11. The van der Waals surface area contributed by atoms with E-state index in [0.29, 0.717) is 37.1 Å². The summed E-state index contributed by atoms with van der Waals surface area (Å²) in [5.41, 5.74) is 5.61. The van der Waals surface area contributed by atoms with Gasteiger partial charge in [0.25, 0.3) is 0 Å². The van der Waals surface area contributed by atoms with Crippen molar-refractivity contribution in [3.05, 3.63) is 82.9 Å². The Morgan fingerprint density at radius 3 is 1.97 bits per heavy atom. The van der Waals surface area contributed by atoms with E-state index in [9.17, 15) is 14.4 Å². The number of amides is 3. The number of allylic oxidation sites excluding steroid dienone is 2. The van der Waals surface area contributed by atoms with Crippen LogP contribution in [0.2, 0.25) is 0 Å². The monoisotopic (exact) mass is 440 g/mol. The van der Waals surface area contributed by atoms with E-state index in [0.717, 1.165) is 6.42 Å². The van der Waals surface area contributed by atoms with Gasteiger partial charge in [-0.05, 0) is 47.4 Å². The molecule has 2 aromatic rings. The summed E-state index contributed by atoms with van der Waals surface area (Å²) in [5, 5.41) is 3.11. The van der Waals surface area contributed by atoms with Crippen LogP contribution in [0.3, 0.4) is 0 Å². The molecule has 5 aliphatic rings. The van der Waals surface area contributed by atoms with E-state index in [4.69, 9.17) is 0 Å². The lowest BCUT2D eigenvalue weighted by Gasteiger charge is -2.45. The topological polar surface area (TPSA) is 66.5 Å². The first-order valence-corrected chi connectivity index (χ1v) is 12.1. The molecular weight excluding hydrogens is 412 g/mol. The van der Waals surface area contributed by atoms with Crippen LogP contribution in [-0.4, -0.2) is 35.7 Å². The standard InChI is InChI=1S/C28H28N2O3/c31-25(13-14-30-27(32)22-11-5-6-12-23(22)28(30)33)29-16-17-15-24-18-7-1-3-9-20(18)26(17)21-10-4-2-8-19(21)24/h1-10,17,22-24,26H,11-16H2,(H,29,31)/t17-,22-,23-,24?,26?/m1/s1. The maximum absolute atomic E-state index is 12.7. The number of carbonyl (C=O) groups is 3. The number of nitrogens with one attached hydrogen (secondary N) is 1. The molecule has 5 heteroatoms. The van der Waals surface area contributed by atoms with Gasteiger partial charge in [0.05, 0.1) is 11.8 Å². The molecule has 1 saturated heterocycles. The van der Waals surface area contributed by atoms with Crippen LogP contribution >= 0.6 is 0 Å². The lowest BCUT2D eigenvalue weighted by atomic mass is 9.59. The number of carbonyl (C=O) groups excluding carboxylic acids is 3. The highest BCUT2D eigenvalue weighted by Gasteiger charge is 2.47. The Balaban J connectivity index is 1.11. The van der Waals surface area contributed by atoms with E-state index in [1.165, 1.54) is 27.2 Å². The highest BCUT2D eigenvalue weighted by molar-refractivity contribution is 6.05. The van der Waals surface area contributed by atoms with Gasteiger partial charge in [-0.25, -0.2) is 0 Å². The molecule has 1 aliphatic heterocycles. The van der Waals surface area contributed by atoms with Crippen LogP contribution in [0.5, 0.6) is 0 Å². The Kier molecular flexibility index (Phi) is 4.93. The zero-order valence-electron chi connectivity index (χ0n) is 18.6. The first-order chi connectivity index (χ1) is 16.1. The van der Waals surface area contributed by atoms with Crippen molar-refractivity contribution in [3.8, 4) is 0 Å². The SMILES string of the molecule is O=C(CCN1C(=O)[C@@H]2CC=CC[C@H]2C1=O)NC[C@H]1CC2c3ccccc3C1c1ccccc12. The zero-order chi connectivity index (χ0) is 22.5. The number of imide groups is 1. The van der Waals surface area contributed by atoms with E-state index in [-0.39, 0.29) is 42.5 Å². The lowest BCUT2D eigenvalue weighted by Crippen LogP contribution is -2.40. The minimum absolute atomic E-state index is 0.0911. The molecule has 1 fully saturated rings. The number of fused-ring (bicyclic) bond motifs is 2. The summed E-state index contributed by atoms with van der Waals surface area (Å²) in [6, 6.07) is 17.4. The molecule has 5 nitrogen and oxygen atoms in total. The van der Waals surface area contributed by atoms with E-state index in [1.54, 1.807) is 0 Å². The molecule has 2 bridgehead atoms. The fourth-order valence-corrected chi connectivity index (χ4v) is 6.60. The predicted molar refractivity (Wildman–Crippen MR) is 124 cm³/mol. The number of hydrogen-bond donors (Lipinski definition) is 1. The molecule has 168 valence electrons. The number of nitrogens with zero attached hydrogens (tertiary/aromatic N) is 1. The Hall–Kier alpha value is -3.21. The van der Waals surface area contributed by atoms with Gasteiger partial charge in [0.15, 0.2) is 0 Å². The first kappa shape index (κ1) is 20.4. The van der Waals surface area contributed by atoms with Crippen molar-refractivity contribution in [2.24, 2.45) is 17.8 Å².